The van der Waals surface area contributed by atoms with E-state index in [4.69, 9.17) is 9.97 Å². The Morgan fingerprint density at radius 3 is 1.43 bits per heavy atom. The van der Waals surface area contributed by atoms with Crippen molar-refractivity contribution in [2.75, 3.05) is 0 Å². The Bertz CT molecular complexity index is 3240. The number of aromatic nitrogens is 2. The van der Waals surface area contributed by atoms with Crippen molar-refractivity contribution in [3.63, 3.8) is 0 Å². The molecular weight excluding hydrogens is 653 g/mol. The number of benzene rings is 9. The first kappa shape index (κ1) is 30.5. The van der Waals surface area contributed by atoms with Crippen LogP contribution in [0.5, 0.6) is 0 Å². The Morgan fingerprint density at radius 1 is 0.259 bits per heavy atom. The van der Waals surface area contributed by atoms with Gasteiger partial charge in [0.1, 0.15) is 0 Å². The van der Waals surface area contributed by atoms with Gasteiger partial charge in [-0.05, 0) is 82.2 Å². The van der Waals surface area contributed by atoms with Crippen LogP contribution in [-0.2, 0) is 0 Å². The molecule has 0 aliphatic rings. The normalized spacial score (nSPS) is 11.7. The lowest BCUT2D eigenvalue weighted by atomic mass is 9.88. The molecule has 0 radical (unpaired) electrons. The highest BCUT2D eigenvalue weighted by atomic mass is 14.9. The minimum Gasteiger partial charge on any atom is -0.228 e. The van der Waals surface area contributed by atoms with Gasteiger partial charge in [-0.1, -0.05) is 188 Å². The van der Waals surface area contributed by atoms with Crippen molar-refractivity contribution in [3.8, 4) is 44.9 Å². The molecule has 0 aliphatic heterocycles. The highest BCUT2D eigenvalue weighted by Crippen LogP contribution is 2.43. The Balaban J connectivity index is 1.04. The summed E-state index contributed by atoms with van der Waals surface area (Å²) in [7, 11) is 0. The molecule has 1 aromatic heterocycles. The van der Waals surface area contributed by atoms with E-state index in [1.165, 1.54) is 70.6 Å². The molecule has 54 heavy (non-hydrogen) atoms. The molecule has 0 N–H and O–H groups in total. The van der Waals surface area contributed by atoms with Gasteiger partial charge in [-0.3, -0.25) is 0 Å². The van der Waals surface area contributed by atoms with Crippen molar-refractivity contribution in [2.45, 2.75) is 0 Å². The molecule has 11 aromatic rings. The fourth-order valence-electron chi connectivity index (χ4n) is 8.52. The van der Waals surface area contributed by atoms with Crippen LogP contribution in [-0.4, -0.2) is 9.97 Å². The molecule has 0 saturated carbocycles. The number of hydrogen-bond acceptors (Lipinski definition) is 2. The number of rotatable bonds is 4. The second-order valence-corrected chi connectivity index (χ2v) is 14.1. The van der Waals surface area contributed by atoms with Crippen LogP contribution in [0.2, 0.25) is 0 Å². The number of hydrogen-bond donors (Lipinski definition) is 0. The van der Waals surface area contributed by atoms with E-state index in [1.807, 2.05) is 18.2 Å². The zero-order chi connectivity index (χ0) is 35.6. The van der Waals surface area contributed by atoms with Crippen LogP contribution in [0.25, 0.3) is 110 Å². The summed E-state index contributed by atoms with van der Waals surface area (Å²) < 4.78 is 0. The van der Waals surface area contributed by atoms with Gasteiger partial charge < -0.3 is 0 Å². The summed E-state index contributed by atoms with van der Waals surface area (Å²) in [4.78, 5) is 10.0. The van der Waals surface area contributed by atoms with Gasteiger partial charge >= 0.3 is 0 Å². The number of fused-ring (bicyclic) bond motifs is 6. The molecule has 2 heteroatoms. The predicted octanol–water partition coefficient (Wildman–Crippen LogP) is 14.1. The Morgan fingerprint density at radius 2 is 0.741 bits per heavy atom. The fourth-order valence-corrected chi connectivity index (χ4v) is 8.52. The van der Waals surface area contributed by atoms with Crippen LogP contribution in [0.1, 0.15) is 0 Å². The largest absolute Gasteiger partial charge is 0.228 e. The fraction of sp³-hybridized carbons (Fsp3) is 0. The molecule has 10 aromatic carbocycles. The van der Waals surface area contributed by atoms with Crippen molar-refractivity contribution >= 4 is 64.8 Å². The van der Waals surface area contributed by atoms with Crippen LogP contribution >= 0.6 is 0 Å². The SMILES string of the molecule is c1ccc(-c2nc(-c3ccc(-c4ccc(-c5cccc6c7cccc8ccc9cccc(c%10ccccc%10c56)c9c87)cc4)cc3)nc3ccccc23)cc1. The summed E-state index contributed by atoms with van der Waals surface area (Å²) in [6.07, 6.45) is 0. The summed E-state index contributed by atoms with van der Waals surface area (Å²) in [5.41, 5.74) is 8.71. The molecular formula is C52H32N2. The number of para-hydroxylation sites is 1. The van der Waals surface area contributed by atoms with Crippen molar-refractivity contribution < 1.29 is 0 Å². The minimum absolute atomic E-state index is 0.727. The standard InChI is InChI=1S/C52H32N2/c1-2-11-38(12-3-1)51-46-17-6-7-22-47(46)53-52(54-51)39-31-25-34(26-32-39)33-23-27-35(28-24-33)40-18-10-21-45-44-20-9-14-37-30-29-36-13-8-19-42(48(36)49(37)44)41-15-4-5-16-43(41)50(40)45/h1-32H. The monoisotopic (exact) mass is 684 g/mol. The van der Waals surface area contributed by atoms with E-state index < -0.39 is 0 Å². The number of nitrogens with zero attached hydrogens (tertiary/aromatic N) is 2. The Labute approximate surface area is 312 Å². The maximum Gasteiger partial charge on any atom is 0.160 e. The topological polar surface area (TPSA) is 25.8 Å². The smallest absolute Gasteiger partial charge is 0.160 e. The predicted molar refractivity (Wildman–Crippen MR) is 229 cm³/mol. The third-order valence-electron chi connectivity index (χ3n) is 11.0. The lowest BCUT2D eigenvalue weighted by Crippen LogP contribution is -1.95. The molecule has 0 saturated heterocycles. The molecule has 0 fully saturated rings. The summed E-state index contributed by atoms with van der Waals surface area (Å²) in [5, 5.41) is 13.9. The second kappa shape index (κ2) is 12.2. The minimum atomic E-state index is 0.727. The average molecular weight is 685 g/mol. The molecule has 0 bridgehead atoms. The van der Waals surface area contributed by atoms with Gasteiger partial charge in [0, 0.05) is 16.5 Å². The van der Waals surface area contributed by atoms with Gasteiger partial charge in [0.25, 0.3) is 0 Å². The van der Waals surface area contributed by atoms with Crippen LogP contribution in [0.4, 0.5) is 0 Å². The van der Waals surface area contributed by atoms with Crippen molar-refractivity contribution in [1.29, 1.82) is 0 Å². The Hall–Kier alpha value is -7.16. The summed E-state index contributed by atoms with van der Waals surface area (Å²) in [5.74, 6) is 0.727. The van der Waals surface area contributed by atoms with Crippen molar-refractivity contribution in [2.24, 2.45) is 0 Å². The maximum absolute atomic E-state index is 5.08. The molecule has 2 nitrogen and oxygen atoms in total. The van der Waals surface area contributed by atoms with E-state index in [1.54, 1.807) is 0 Å². The van der Waals surface area contributed by atoms with Gasteiger partial charge in [-0.25, -0.2) is 9.97 Å². The average Bonchev–Trinajstić information content (AvgIpc) is 3.25. The summed E-state index contributed by atoms with van der Waals surface area (Å²) in [6, 6.07) is 70.0. The highest BCUT2D eigenvalue weighted by Gasteiger charge is 2.16. The second-order valence-electron chi connectivity index (χ2n) is 14.1. The molecule has 1 heterocycles. The summed E-state index contributed by atoms with van der Waals surface area (Å²) >= 11 is 0. The van der Waals surface area contributed by atoms with Gasteiger partial charge in [0.15, 0.2) is 5.82 Å². The van der Waals surface area contributed by atoms with E-state index in [0.29, 0.717) is 0 Å². The maximum atomic E-state index is 5.08. The van der Waals surface area contributed by atoms with Crippen LogP contribution in [0.3, 0.4) is 0 Å². The van der Waals surface area contributed by atoms with Gasteiger partial charge in [0.2, 0.25) is 0 Å². The zero-order valence-corrected chi connectivity index (χ0v) is 29.4. The van der Waals surface area contributed by atoms with Gasteiger partial charge in [0.05, 0.1) is 11.2 Å². The highest BCUT2D eigenvalue weighted by molar-refractivity contribution is 6.34. The molecule has 0 aliphatic carbocycles. The van der Waals surface area contributed by atoms with Crippen molar-refractivity contribution in [3.05, 3.63) is 194 Å². The lowest BCUT2D eigenvalue weighted by Gasteiger charge is -2.16. The quantitative estimate of drug-likeness (QED) is 0.172. The molecule has 0 atom stereocenters. The van der Waals surface area contributed by atoms with E-state index >= 15 is 0 Å². The van der Waals surface area contributed by atoms with Crippen LogP contribution in [0, 0.1) is 0 Å². The Kier molecular flexibility index (Phi) is 6.90. The van der Waals surface area contributed by atoms with E-state index in [0.717, 1.165) is 39.1 Å². The van der Waals surface area contributed by atoms with Crippen molar-refractivity contribution in [1.82, 2.24) is 9.97 Å². The third kappa shape index (κ3) is 4.81. The first-order valence-corrected chi connectivity index (χ1v) is 18.5. The molecule has 0 spiro atoms. The first-order valence-electron chi connectivity index (χ1n) is 18.5. The van der Waals surface area contributed by atoms with Crippen LogP contribution in [0.15, 0.2) is 194 Å². The van der Waals surface area contributed by atoms with Gasteiger partial charge in [-0.15, -0.1) is 0 Å². The van der Waals surface area contributed by atoms with E-state index in [2.05, 4.69) is 176 Å². The zero-order valence-electron chi connectivity index (χ0n) is 29.4. The summed E-state index contributed by atoms with van der Waals surface area (Å²) in [6.45, 7) is 0. The van der Waals surface area contributed by atoms with E-state index in [-0.39, 0.29) is 0 Å². The molecule has 250 valence electrons. The van der Waals surface area contributed by atoms with Gasteiger partial charge in [-0.2, -0.15) is 0 Å². The first-order chi connectivity index (χ1) is 26.8. The third-order valence-corrected chi connectivity index (χ3v) is 11.0. The lowest BCUT2D eigenvalue weighted by molar-refractivity contribution is 1.23. The molecule has 0 unspecified atom stereocenters. The van der Waals surface area contributed by atoms with Crippen LogP contribution < -0.4 is 0 Å². The van der Waals surface area contributed by atoms with E-state index in [9.17, 15) is 0 Å². The molecule has 0 amide bonds. The molecule has 11 rings (SSSR count).